The van der Waals surface area contributed by atoms with Crippen molar-refractivity contribution < 1.29 is 13.2 Å². The molecule has 0 N–H and O–H groups in total. The number of amides is 1. The van der Waals surface area contributed by atoms with Crippen molar-refractivity contribution >= 4 is 15.7 Å². The lowest BCUT2D eigenvalue weighted by atomic mass is 10.00. The molecule has 2 aliphatic rings. The lowest BCUT2D eigenvalue weighted by molar-refractivity contribution is -0.133. The van der Waals surface area contributed by atoms with E-state index in [2.05, 4.69) is 11.8 Å². The number of nitrogens with zero attached hydrogens (tertiary/aromatic N) is 2. The molecule has 19 heavy (non-hydrogen) atoms. The summed E-state index contributed by atoms with van der Waals surface area (Å²) in [5.41, 5.74) is 0. The quantitative estimate of drug-likeness (QED) is 0.753. The van der Waals surface area contributed by atoms with E-state index in [1.807, 2.05) is 4.90 Å². The number of piperidine rings is 1. The van der Waals surface area contributed by atoms with Gasteiger partial charge in [0.1, 0.15) is 0 Å². The Morgan fingerprint density at radius 3 is 2.53 bits per heavy atom. The Morgan fingerprint density at radius 1 is 1.21 bits per heavy atom. The average Bonchev–Trinajstić information content (AvgIpc) is 2.37. The summed E-state index contributed by atoms with van der Waals surface area (Å²) in [5.74, 6) is 1.31. The van der Waals surface area contributed by atoms with Gasteiger partial charge in [0.2, 0.25) is 5.91 Å². The van der Waals surface area contributed by atoms with Crippen molar-refractivity contribution in [3.63, 3.8) is 0 Å². The molecule has 0 aromatic rings. The van der Waals surface area contributed by atoms with E-state index in [1.165, 1.54) is 6.42 Å². The van der Waals surface area contributed by atoms with Crippen LogP contribution in [0, 0.1) is 5.92 Å². The molecule has 2 heterocycles. The van der Waals surface area contributed by atoms with Crippen molar-refractivity contribution in [1.82, 2.24) is 9.80 Å². The first-order valence-corrected chi connectivity index (χ1v) is 8.99. The van der Waals surface area contributed by atoms with Crippen LogP contribution < -0.4 is 0 Å². The summed E-state index contributed by atoms with van der Waals surface area (Å²) in [6.07, 6.45) is 2.84. The van der Waals surface area contributed by atoms with Crippen molar-refractivity contribution in [1.29, 1.82) is 0 Å². The predicted molar refractivity (Wildman–Crippen MR) is 74.7 cm³/mol. The third-order valence-electron chi connectivity index (χ3n) is 4.09. The summed E-state index contributed by atoms with van der Waals surface area (Å²) >= 11 is 0. The first kappa shape index (κ1) is 14.8. The molecule has 0 spiro atoms. The van der Waals surface area contributed by atoms with Crippen LogP contribution in [0.4, 0.5) is 0 Å². The molecule has 2 aliphatic heterocycles. The highest BCUT2D eigenvalue weighted by atomic mass is 32.2. The third kappa shape index (κ3) is 4.45. The minimum Gasteiger partial charge on any atom is -0.342 e. The lowest BCUT2D eigenvalue weighted by Crippen LogP contribution is -2.44. The second-order valence-corrected chi connectivity index (χ2v) is 8.13. The molecule has 0 radical (unpaired) electrons. The Bertz CT molecular complexity index is 408. The number of sulfone groups is 1. The van der Waals surface area contributed by atoms with Gasteiger partial charge in [0, 0.05) is 39.1 Å². The van der Waals surface area contributed by atoms with Gasteiger partial charge in [0.05, 0.1) is 11.5 Å². The smallest absolute Gasteiger partial charge is 0.223 e. The third-order valence-corrected chi connectivity index (χ3v) is 5.70. The summed E-state index contributed by atoms with van der Waals surface area (Å²) in [6.45, 7) is 5.80. The maximum absolute atomic E-state index is 12.1. The number of carbonyl (C=O) groups is 1. The maximum Gasteiger partial charge on any atom is 0.223 e. The molecule has 0 aromatic heterocycles. The average molecular weight is 288 g/mol. The standard InChI is InChI=1S/C13H24N2O3S/c1-12-3-2-5-15(11-12)13(16)4-6-14-7-9-19(17,18)10-8-14/h12H,2-11H2,1H3/t12-/m1/s1. The molecule has 0 bridgehead atoms. The zero-order valence-corrected chi connectivity index (χ0v) is 12.5. The van der Waals surface area contributed by atoms with Gasteiger partial charge in [-0.3, -0.25) is 4.79 Å². The Balaban J connectivity index is 1.72. The van der Waals surface area contributed by atoms with Crippen LogP contribution >= 0.6 is 0 Å². The zero-order valence-electron chi connectivity index (χ0n) is 11.7. The van der Waals surface area contributed by atoms with E-state index in [4.69, 9.17) is 0 Å². The highest BCUT2D eigenvalue weighted by molar-refractivity contribution is 7.91. The number of hydrogen-bond acceptors (Lipinski definition) is 4. The summed E-state index contributed by atoms with van der Waals surface area (Å²) in [6, 6.07) is 0. The second kappa shape index (κ2) is 6.22. The van der Waals surface area contributed by atoms with Crippen molar-refractivity contribution in [2.75, 3.05) is 44.2 Å². The summed E-state index contributed by atoms with van der Waals surface area (Å²) in [4.78, 5) is 16.2. The van der Waals surface area contributed by atoms with Crippen LogP contribution in [0.15, 0.2) is 0 Å². The second-order valence-electron chi connectivity index (χ2n) is 5.83. The normalized spacial score (nSPS) is 28.3. The van der Waals surface area contributed by atoms with Gasteiger partial charge in [-0.2, -0.15) is 0 Å². The van der Waals surface area contributed by atoms with Crippen molar-refractivity contribution in [3.8, 4) is 0 Å². The summed E-state index contributed by atoms with van der Waals surface area (Å²) < 4.78 is 22.6. The SMILES string of the molecule is C[C@@H]1CCCN(C(=O)CCN2CCS(=O)(=O)CC2)C1. The lowest BCUT2D eigenvalue weighted by Gasteiger charge is -2.32. The molecule has 6 heteroatoms. The van der Waals surface area contributed by atoms with E-state index in [0.717, 1.165) is 19.5 Å². The van der Waals surface area contributed by atoms with Crippen LogP contribution in [-0.4, -0.2) is 68.4 Å². The van der Waals surface area contributed by atoms with Gasteiger partial charge in [0.25, 0.3) is 0 Å². The zero-order chi connectivity index (χ0) is 13.9. The van der Waals surface area contributed by atoms with E-state index >= 15 is 0 Å². The first-order valence-electron chi connectivity index (χ1n) is 7.17. The topological polar surface area (TPSA) is 57.7 Å². The fourth-order valence-corrected chi connectivity index (χ4v) is 4.08. The minimum atomic E-state index is -2.82. The predicted octanol–water partition coefficient (Wildman–Crippen LogP) is 0.365. The Hall–Kier alpha value is -0.620. The molecular formula is C13H24N2O3S. The number of likely N-dealkylation sites (tertiary alicyclic amines) is 1. The largest absolute Gasteiger partial charge is 0.342 e. The fourth-order valence-electron chi connectivity index (χ4n) is 2.80. The van der Waals surface area contributed by atoms with Gasteiger partial charge in [-0.15, -0.1) is 0 Å². The molecule has 0 saturated carbocycles. The number of carbonyl (C=O) groups excluding carboxylic acids is 1. The van der Waals surface area contributed by atoms with Gasteiger partial charge in [-0.05, 0) is 18.8 Å². The van der Waals surface area contributed by atoms with Crippen LogP contribution in [0.25, 0.3) is 0 Å². The monoisotopic (exact) mass is 288 g/mol. The fraction of sp³-hybridized carbons (Fsp3) is 0.923. The van der Waals surface area contributed by atoms with E-state index < -0.39 is 9.84 Å². The molecule has 0 aromatic carbocycles. The summed E-state index contributed by atoms with van der Waals surface area (Å²) in [7, 11) is -2.82. The van der Waals surface area contributed by atoms with Crippen LogP contribution in [0.5, 0.6) is 0 Å². The molecule has 2 rings (SSSR count). The van der Waals surface area contributed by atoms with Gasteiger partial charge >= 0.3 is 0 Å². The molecule has 1 atom stereocenters. The highest BCUT2D eigenvalue weighted by Gasteiger charge is 2.24. The van der Waals surface area contributed by atoms with E-state index in [9.17, 15) is 13.2 Å². The molecule has 0 unspecified atom stereocenters. The molecule has 1 amide bonds. The molecule has 0 aliphatic carbocycles. The van der Waals surface area contributed by atoms with E-state index in [1.54, 1.807) is 0 Å². The number of hydrogen-bond donors (Lipinski definition) is 0. The van der Waals surface area contributed by atoms with Crippen LogP contribution in [-0.2, 0) is 14.6 Å². The molecule has 2 saturated heterocycles. The van der Waals surface area contributed by atoms with Crippen LogP contribution in [0.2, 0.25) is 0 Å². The molecular weight excluding hydrogens is 264 g/mol. The minimum absolute atomic E-state index is 0.222. The van der Waals surface area contributed by atoms with Crippen molar-refractivity contribution in [3.05, 3.63) is 0 Å². The Morgan fingerprint density at radius 2 is 1.89 bits per heavy atom. The van der Waals surface area contributed by atoms with Gasteiger partial charge < -0.3 is 9.80 Å². The molecule has 2 fully saturated rings. The highest BCUT2D eigenvalue weighted by Crippen LogP contribution is 2.16. The first-order chi connectivity index (χ1) is 8.96. The van der Waals surface area contributed by atoms with Crippen molar-refractivity contribution in [2.24, 2.45) is 5.92 Å². The van der Waals surface area contributed by atoms with Gasteiger partial charge in [-0.1, -0.05) is 6.92 Å². The molecule has 5 nitrogen and oxygen atoms in total. The van der Waals surface area contributed by atoms with E-state index in [0.29, 0.717) is 32.0 Å². The summed E-state index contributed by atoms with van der Waals surface area (Å²) in [5, 5.41) is 0. The molecule has 110 valence electrons. The van der Waals surface area contributed by atoms with Crippen molar-refractivity contribution in [2.45, 2.75) is 26.2 Å². The van der Waals surface area contributed by atoms with Gasteiger partial charge in [-0.25, -0.2) is 8.42 Å². The maximum atomic E-state index is 12.1. The van der Waals surface area contributed by atoms with Crippen LogP contribution in [0.1, 0.15) is 26.2 Å². The van der Waals surface area contributed by atoms with Gasteiger partial charge in [0.15, 0.2) is 9.84 Å². The Labute approximate surface area is 115 Å². The van der Waals surface area contributed by atoms with E-state index in [-0.39, 0.29) is 17.4 Å². The number of rotatable bonds is 3. The van der Waals surface area contributed by atoms with Crippen LogP contribution in [0.3, 0.4) is 0 Å². The Kier molecular flexibility index (Phi) is 4.84.